The average Bonchev–Trinajstić information content (AvgIpc) is 2.57. The molecule has 2 rings (SSSR count). The molecular weight excluding hydrogens is 212 g/mol. The average molecular weight is 222 g/mol. The van der Waals surface area contributed by atoms with Gasteiger partial charge in [-0.3, -0.25) is 4.79 Å². The molecule has 1 amide bonds. The van der Waals surface area contributed by atoms with Gasteiger partial charge in [0.2, 0.25) is 0 Å². The van der Waals surface area contributed by atoms with E-state index in [-0.39, 0.29) is 11.6 Å². The number of hydrogen-bond acceptors (Lipinski definition) is 3. The molecule has 4 nitrogen and oxygen atoms in total. The molecule has 0 fully saturated rings. The largest absolute Gasteiger partial charge is 0.338 e. The van der Waals surface area contributed by atoms with E-state index in [4.69, 9.17) is 0 Å². The highest BCUT2D eigenvalue weighted by molar-refractivity contribution is 7.14. The predicted molar refractivity (Wildman–Crippen MR) is 60.6 cm³/mol. The maximum absolute atomic E-state index is 11.8. The van der Waals surface area contributed by atoms with Gasteiger partial charge in [0.05, 0.1) is 10.1 Å². The van der Waals surface area contributed by atoms with Crippen LogP contribution >= 0.6 is 11.5 Å². The first-order chi connectivity index (χ1) is 7.24. The molecule has 0 aliphatic heterocycles. The summed E-state index contributed by atoms with van der Waals surface area (Å²) in [7, 11) is 0. The lowest BCUT2D eigenvalue weighted by Crippen LogP contribution is -2.32. The van der Waals surface area contributed by atoms with Gasteiger partial charge < -0.3 is 5.32 Å². The number of amides is 1. The highest BCUT2D eigenvalue weighted by Crippen LogP contribution is 2.15. The Morgan fingerprint density at radius 3 is 2.87 bits per heavy atom. The molecule has 15 heavy (non-hydrogen) atoms. The molecule has 0 saturated carbocycles. The van der Waals surface area contributed by atoms with Gasteiger partial charge in [-0.05, 0) is 30.6 Å². The number of benzene rings is 1. The van der Waals surface area contributed by atoms with Crippen LogP contribution in [0.1, 0.15) is 6.92 Å². The Morgan fingerprint density at radius 1 is 1.47 bits per heavy atom. The minimum atomic E-state index is -0.358. The van der Waals surface area contributed by atoms with Crippen LogP contribution in [-0.2, 0) is 0 Å². The summed E-state index contributed by atoms with van der Waals surface area (Å²) in [5, 5.41) is 3.19. The monoisotopic (exact) mass is 222 g/mol. The molecule has 1 aromatic carbocycles. The standard InChI is InChI=1S/C10H10N2O2S/c1-2-11-10(14)12-9(13)7-5-3-4-6-8(7)15-12/h3-6H,2H2,1H3,(H,11,14). The van der Waals surface area contributed by atoms with E-state index in [0.717, 1.165) is 20.2 Å². The van der Waals surface area contributed by atoms with Crippen LogP contribution in [-0.4, -0.2) is 16.5 Å². The van der Waals surface area contributed by atoms with Crippen molar-refractivity contribution in [3.05, 3.63) is 34.6 Å². The molecule has 0 radical (unpaired) electrons. The van der Waals surface area contributed by atoms with Crippen LogP contribution in [0.4, 0.5) is 4.79 Å². The Hall–Kier alpha value is -1.62. The molecule has 1 heterocycles. The second-order valence-electron chi connectivity index (χ2n) is 3.02. The molecule has 5 heteroatoms. The number of nitrogens with one attached hydrogen (secondary N) is 1. The lowest BCUT2D eigenvalue weighted by molar-refractivity contribution is 0.244. The maximum Gasteiger partial charge on any atom is 0.338 e. The topological polar surface area (TPSA) is 51.1 Å². The van der Waals surface area contributed by atoms with Crippen molar-refractivity contribution in [2.75, 3.05) is 6.54 Å². The summed E-state index contributed by atoms with van der Waals surface area (Å²) < 4.78 is 1.97. The minimum absolute atomic E-state index is 0.249. The van der Waals surface area contributed by atoms with Crippen molar-refractivity contribution in [2.24, 2.45) is 0 Å². The lowest BCUT2D eigenvalue weighted by atomic mass is 10.3. The number of aromatic nitrogens is 1. The summed E-state index contributed by atoms with van der Waals surface area (Å²) in [5.74, 6) is 0. The first-order valence-electron chi connectivity index (χ1n) is 4.63. The SMILES string of the molecule is CCNC(=O)n1sc2ccccc2c1=O. The molecule has 1 N–H and O–H groups in total. The summed E-state index contributed by atoms with van der Waals surface area (Å²) in [5.41, 5.74) is -0.249. The zero-order valence-corrected chi connectivity index (χ0v) is 9.00. The van der Waals surface area contributed by atoms with Gasteiger partial charge in [0, 0.05) is 6.54 Å². The number of rotatable bonds is 1. The Bertz CT molecular complexity index is 556. The number of hydrogen-bond donors (Lipinski definition) is 1. The van der Waals surface area contributed by atoms with Crippen molar-refractivity contribution in [1.29, 1.82) is 0 Å². The number of fused-ring (bicyclic) bond motifs is 1. The quantitative estimate of drug-likeness (QED) is 0.797. The van der Waals surface area contributed by atoms with Crippen LogP contribution in [0.15, 0.2) is 29.1 Å². The summed E-state index contributed by atoms with van der Waals surface area (Å²) in [6, 6.07) is 6.84. The van der Waals surface area contributed by atoms with Gasteiger partial charge in [0.1, 0.15) is 0 Å². The highest BCUT2D eigenvalue weighted by Gasteiger charge is 2.11. The van der Waals surface area contributed by atoms with Gasteiger partial charge in [-0.15, -0.1) is 0 Å². The van der Waals surface area contributed by atoms with Crippen LogP contribution in [0.5, 0.6) is 0 Å². The van der Waals surface area contributed by atoms with Crippen molar-refractivity contribution in [3.8, 4) is 0 Å². The van der Waals surface area contributed by atoms with Crippen LogP contribution in [0.2, 0.25) is 0 Å². The third-order valence-corrected chi connectivity index (χ3v) is 3.07. The van der Waals surface area contributed by atoms with E-state index in [2.05, 4.69) is 5.32 Å². The van der Waals surface area contributed by atoms with Crippen molar-refractivity contribution in [3.63, 3.8) is 0 Å². The normalized spacial score (nSPS) is 10.5. The molecular formula is C10H10N2O2S. The summed E-state index contributed by atoms with van der Waals surface area (Å²) in [6.45, 7) is 2.33. The molecule has 0 spiro atoms. The fourth-order valence-electron chi connectivity index (χ4n) is 1.33. The molecule has 0 saturated heterocycles. The van der Waals surface area contributed by atoms with Gasteiger partial charge in [-0.25, -0.2) is 4.79 Å². The fourth-order valence-corrected chi connectivity index (χ4v) is 2.25. The van der Waals surface area contributed by atoms with Crippen molar-refractivity contribution < 1.29 is 4.79 Å². The zero-order chi connectivity index (χ0) is 10.8. The minimum Gasteiger partial charge on any atom is -0.337 e. The van der Waals surface area contributed by atoms with Gasteiger partial charge in [-0.2, -0.15) is 3.96 Å². The molecule has 2 aromatic rings. The van der Waals surface area contributed by atoms with Gasteiger partial charge in [0.15, 0.2) is 0 Å². The van der Waals surface area contributed by atoms with E-state index in [0.29, 0.717) is 11.9 Å². The second-order valence-corrected chi connectivity index (χ2v) is 4.01. The number of nitrogens with zero attached hydrogens (tertiary/aromatic N) is 1. The highest BCUT2D eigenvalue weighted by atomic mass is 32.1. The van der Waals surface area contributed by atoms with Gasteiger partial charge >= 0.3 is 6.03 Å². The Kier molecular flexibility index (Phi) is 2.55. The second kappa shape index (κ2) is 3.86. The Labute approximate surface area is 90.3 Å². The van der Waals surface area contributed by atoms with E-state index < -0.39 is 0 Å². The number of carbonyl (C=O) groups is 1. The Balaban J connectivity index is 2.58. The summed E-state index contributed by atoms with van der Waals surface area (Å²) in [6.07, 6.45) is 0. The molecule has 1 aromatic heterocycles. The summed E-state index contributed by atoms with van der Waals surface area (Å²) >= 11 is 1.16. The van der Waals surface area contributed by atoms with Crippen LogP contribution in [0.3, 0.4) is 0 Å². The third-order valence-electron chi connectivity index (χ3n) is 2.00. The van der Waals surface area contributed by atoms with Crippen molar-refractivity contribution in [1.82, 2.24) is 9.27 Å². The molecule has 0 atom stereocenters. The van der Waals surface area contributed by atoms with E-state index in [1.54, 1.807) is 12.1 Å². The van der Waals surface area contributed by atoms with Crippen LogP contribution < -0.4 is 10.9 Å². The van der Waals surface area contributed by atoms with Crippen molar-refractivity contribution >= 4 is 27.6 Å². The molecule has 0 unspecified atom stereocenters. The van der Waals surface area contributed by atoms with Crippen LogP contribution in [0.25, 0.3) is 10.1 Å². The molecule has 0 aliphatic rings. The first kappa shape index (κ1) is 9.92. The van der Waals surface area contributed by atoms with E-state index >= 15 is 0 Å². The van der Waals surface area contributed by atoms with E-state index in [9.17, 15) is 9.59 Å². The zero-order valence-electron chi connectivity index (χ0n) is 8.19. The molecule has 0 aliphatic carbocycles. The summed E-state index contributed by atoms with van der Waals surface area (Å²) in [4.78, 5) is 23.3. The first-order valence-corrected chi connectivity index (χ1v) is 5.40. The van der Waals surface area contributed by atoms with Crippen molar-refractivity contribution in [2.45, 2.75) is 6.92 Å². The fraction of sp³-hybridized carbons (Fsp3) is 0.200. The lowest BCUT2D eigenvalue weighted by Gasteiger charge is -1.98. The third kappa shape index (κ3) is 1.66. The smallest absolute Gasteiger partial charge is 0.337 e. The van der Waals surface area contributed by atoms with E-state index in [1.807, 2.05) is 19.1 Å². The van der Waals surface area contributed by atoms with Crippen LogP contribution in [0, 0.1) is 0 Å². The maximum atomic E-state index is 11.8. The van der Waals surface area contributed by atoms with Gasteiger partial charge in [-0.1, -0.05) is 12.1 Å². The number of carbonyl (C=O) groups excluding carboxylic acids is 1. The van der Waals surface area contributed by atoms with Gasteiger partial charge in [0.25, 0.3) is 5.56 Å². The van der Waals surface area contributed by atoms with E-state index in [1.165, 1.54) is 0 Å². The molecule has 0 bridgehead atoms. The predicted octanol–water partition coefficient (Wildman–Crippen LogP) is 1.64. The Morgan fingerprint density at radius 2 is 2.20 bits per heavy atom. The molecule has 78 valence electrons.